The molecular weight excluding hydrogens is 198 g/mol. The van der Waals surface area contributed by atoms with Gasteiger partial charge in [0.25, 0.3) is 0 Å². The summed E-state index contributed by atoms with van der Waals surface area (Å²) in [7, 11) is 1.75. The van der Waals surface area contributed by atoms with Crippen LogP contribution in [0, 0.1) is 6.92 Å². The molecule has 1 unspecified atom stereocenters. The van der Waals surface area contributed by atoms with Crippen molar-refractivity contribution in [2.45, 2.75) is 32.1 Å². The summed E-state index contributed by atoms with van der Waals surface area (Å²) in [5.74, 6) is 0.498. The van der Waals surface area contributed by atoms with Crippen LogP contribution in [0.2, 0.25) is 0 Å². The molecule has 0 aromatic heterocycles. The van der Waals surface area contributed by atoms with Gasteiger partial charge in [0.2, 0.25) is 0 Å². The molecule has 0 saturated carbocycles. The Labute approximate surface area is 98.8 Å². The first-order valence-corrected chi connectivity index (χ1v) is 6.04. The first-order chi connectivity index (χ1) is 7.79. The number of hydrogen-bond donors (Lipinski definition) is 1. The number of benzene rings is 1. The molecule has 0 fully saturated rings. The number of nitrogens with two attached hydrogens (primary N) is 1. The maximum Gasteiger partial charge on any atom is 0.0462 e. The van der Waals surface area contributed by atoms with Gasteiger partial charge in [0.15, 0.2) is 0 Å². The molecule has 0 aliphatic carbocycles. The third kappa shape index (κ3) is 3.95. The third-order valence-corrected chi connectivity index (χ3v) is 3.06. The Bertz CT molecular complexity index is 299. The van der Waals surface area contributed by atoms with Gasteiger partial charge in [0.1, 0.15) is 0 Å². The zero-order valence-corrected chi connectivity index (χ0v) is 10.4. The quantitative estimate of drug-likeness (QED) is 0.719. The molecule has 1 rings (SSSR count). The lowest BCUT2D eigenvalue weighted by Gasteiger charge is -2.17. The van der Waals surface area contributed by atoms with Gasteiger partial charge in [-0.3, -0.25) is 0 Å². The van der Waals surface area contributed by atoms with Crippen molar-refractivity contribution in [2.24, 2.45) is 5.73 Å². The lowest BCUT2D eigenvalue weighted by Crippen LogP contribution is -2.13. The Morgan fingerprint density at radius 1 is 1.25 bits per heavy atom. The van der Waals surface area contributed by atoms with Gasteiger partial charge < -0.3 is 10.5 Å². The number of unbranched alkanes of at least 4 members (excludes halogenated alkanes) is 1. The summed E-state index contributed by atoms with van der Waals surface area (Å²) in [6.07, 6.45) is 3.47. The first kappa shape index (κ1) is 13.2. The molecule has 0 spiro atoms. The molecule has 0 saturated heterocycles. The van der Waals surface area contributed by atoms with E-state index in [4.69, 9.17) is 10.5 Å². The molecule has 0 bridgehead atoms. The van der Waals surface area contributed by atoms with Gasteiger partial charge in [0.05, 0.1) is 0 Å². The van der Waals surface area contributed by atoms with Gasteiger partial charge in [-0.15, -0.1) is 0 Å². The minimum absolute atomic E-state index is 0.498. The standard InChI is InChI=1S/C14H23NO/c1-12-7-3-4-9-14(12)13(11-15)8-5-6-10-16-2/h3-4,7,9,13H,5-6,8,10-11,15H2,1-2H3. The Hall–Kier alpha value is -0.860. The maximum absolute atomic E-state index is 5.86. The molecule has 1 aromatic rings. The summed E-state index contributed by atoms with van der Waals surface area (Å²) >= 11 is 0. The van der Waals surface area contributed by atoms with Crippen LogP contribution in [0.4, 0.5) is 0 Å². The highest BCUT2D eigenvalue weighted by Crippen LogP contribution is 2.23. The van der Waals surface area contributed by atoms with Gasteiger partial charge in [0, 0.05) is 13.7 Å². The van der Waals surface area contributed by atoms with E-state index in [-0.39, 0.29) is 0 Å². The minimum atomic E-state index is 0.498. The fourth-order valence-corrected chi connectivity index (χ4v) is 2.08. The molecule has 0 aliphatic heterocycles. The predicted molar refractivity (Wildman–Crippen MR) is 68.7 cm³/mol. The summed E-state index contributed by atoms with van der Waals surface area (Å²) in [6, 6.07) is 8.54. The van der Waals surface area contributed by atoms with Gasteiger partial charge in [-0.1, -0.05) is 30.7 Å². The van der Waals surface area contributed by atoms with Gasteiger partial charge in [-0.05, 0) is 43.4 Å². The molecule has 1 atom stereocenters. The van der Waals surface area contributed by atoms with Crippen molar-refractivity contribution in [1.82, 2.24) is 0 Å². The van der Waals surface area contributed by atoms with E-state index in [0.29, 0.717) is 5.92 Å². The monoisotopic (exact) mass is 221 g/mol. The Morgan fingerprint density at radius 3 is 2.62 bits per heavy atom. The summed E-state index contributed by atoms with van der Waals surface area (Å²) in [6.45, 7) is 3.75. The van der Waals surface area contributed by atoms with E-state index < -0.39 is 0 Å². The van der Waals surface area contributed by atoms with Crippen LogP contribution >= 0.6 is 0 Å². The largest absolute Gasteiger partial charge is 0.385 e. The zero-order valence-electron chi connectivity index (χ0n) is 10.4. The van der Waals surface area contributed by atoms with Crippen molar-refractivity contribution in [1.29, 1.82) is 0 Å². The van der Waals surface area contributed by atoms with Crippen LogP contribution in [0.25, 0.3) is 0 Å². The maximum atomic E-state index is 5.86. The average molecular weight is 221 g/mol. The molecular formula is C14H23NO. The van der Waals surface area contributed by atoms with Crippen LogP contribution in [-0.2, 0) is 4.74 Å². The van der Waals surface area contributed by atoms with E-state index in [1.54, 1.807) is 7.11 Å². The summed E-state index contributed by atoms with van der Waals surface area (Å²) in [5, 5.41) is 0. The van der Waals surface area contributed by atoms with Crippen LogP contribution in [-0.4, -0.2) is 20.3 Å². The van der Waals surface area contributed by atoms with E-state index >= 15 is 0 Å². The van der Waals surface area contributed by atoms with Crippen molar-refractivity contribution in [3.8, 4) is 0 Å². The normalized spacial score (nSPS) is 12.7. The number of hydrogen-bond acceptors (Lipinski definition) is 2. The second-order valence-electron chi connectivity index (χ2n) is 4.28. The Morgan fingerprint density at radius 2 is 2.00 bits per heavy atom. The molecule has 0 heterocycles. The number of rotatable bonds is 7. The highest BCUT2D eigenvalue weighted by atomic mass is 16.5. The van der Waals surface area contributed by atoms with Crippen molar-refractivity contribution >= 4 is 0 Å². The van der Waals surface area contributed by atoms with Crippen molar-refractivity contribution < 1.29 is 4.74 Å². The molecule has 2 heteroatoms. The lowest BCUT2D eigenvalue weighted by molar-refractivity contribution is 0.191. The van der Waals surface area contributed by atoms with Crippen molar-refractivity contribution in [3.05, 3.63) is 35.4 Å². The van der Waals surface area contributed by atoms with Gasteiger partial charge >= 0.3 is 0 Å². The smallest absolute Gasteiger partial charge is 0.0462 e. The third-order valence-electron chi connectivity index (χ3n) is 3.06. The fourth-order valence-electron chi connectivity index (χ4n) is 2.08. The van der Waals surface area contributed by atoms with Crippen LogP contribution in [0.15, 0.2) is 24.3 Å². The molecule has 90 valence electrons. The molecule has 0 amide bonds. The number of ether oxygens (including phenoxy) is 1. The van der Waals surface area contributed by atoms with E-state index in [0.717, 1.165) is 26.0 Å². The molecule has 0 radical (unpaired) electrons. The van der Waals surface area contributed by atoms with Crippen LogP contribution in [0.5, 0.6) is 0 Å². The predicted octanol–water partition coefficient (Wildman–Crippen LogP) is 2.85. The van der Waals surface area contributed by atoms with Gasteiger partial charge in [-0.25, -0.2) is 0 Å². The van der Waals surface area contributed by atoms with E-state index in [2.05, 4.69) is 31.2 Å². The number of methoxy groups -OCH3 is 1. The Balaban J connectivity index is 2.51. The highest BCUT2D eigenvalue weighted by Gasteiger charge is 2.10. The fraction of sp³-hybridized carbons (Fsp3) is 0.571. The molecule has 16 heavy (non-hydrogen) atoms. The molecule has 2 nitrogen and oxygen atoms in total. The minimum Gasteiger partial charge on any atom is -0.385 e. The molecule has 2 N–H and O–H groups in total. The molecule has 1 aromatic carbocycles. The van der Waals surface area contributed by atoms with Gasteiger partial charge in [-0.2, -0.15) is 0 Å². The number of aryl methyl sites for hydroxylation is 1. The Kier molecular flexibility index (Phi) is 6.12. The SMILES string of the molecule is COCCCCC(CN)c1ccccc1C. The average Bonchev–Trinajstić information content (AvgIpc) is 2.31. The van der Waals surface area contributed by atoms with Crippen molar-refractivity contribution in [3.63, 3.8) is 0 Å². The van der Waals surface area contributed by atoms with Crippen LogP contribution in [0.1, 0.15) is 36.3 Å². The summed E-state index contributed by atoms with van der Waals surface area (Å²) < 4.78 is 5.06. The second kappa shape index (κ2) is 7.42. The zero-order chi connectivity index (χ0) is 11.8. The lowest BCUT2D eigenvalue weighted by atomic mass is 9.90. The van der Waals surface area contributed by atoms with Crippen LogP contribution < -0.4 is 5.73 Å². The highest BCUT2D eigenvalue weighted by molar-refractivity contribution is 5.29. The van der Waals surface area contributed by atoms with Crippen molar-refractivity contribution in [2.75, 3.05) is 20.3 Å². The van der Waals surface area contributed by atoms with Crippen LogP contribution in [0.3, 0.4) is 0 Å². The molecule has 0 aliphatic rings. The summed E-state index contributed by atoms with van der Waals surface area (Å²) in [4.78, 5) is 0. The summed E-state index contributed by atoms with van der Waals surface area (Å²) in [5.41, 5.74) is 8.61. The second-order valence-corrected chi connectivity index (χ2v) is 4.28. The topological polar surface area (TPSA) is 35.2 Å². The van der Waals surface area contributed by atoms with E-state index in [9.17, 15) is 0 Å². The first-order valence-electron chi connectivity index (χ1n) is 6.04. The van der Waals surface area contributed by atoms with E-state index in [1.807, 2.05) is 0 Å². The van der Waals surface area contributed by atoms with E-state index in [1.165, 1.54) is 17.5 Å².